The van der Waals surface area contributed by atoms with Crippen molar-refractivity contribution >= 4 is 6.29 Å². The Hall–Kier alpha value is -1.16. The van der Waals surface area contributed by atoms with E-state index < -0.39 is 0 Å². The monoisotopic (exact) mass is 209 g/mol. The second kappa shape index (κ2) is 6.35. The number of aldehydes is 1. The minimum Gasteiger partial charge on any atom is -0.328 e. The van der Waals surface area contributed by atoms with Gasteiger partial charge < -0.3 is 9.47 Å². The molecule has 0 atom stereocenters. The molecular formula is C11H19N3O. The van der Waals surface area contributed by atoms with Gasteiger partial charge in [0.15, 0.2) is 6.29 Å². The summed E-state index contributed by atoms with van der Waals surface area (Å²) in [5, 5.41) is 0. The Bertz CT molecular complexity index is 292. The predicted molar refractivity (Wildman–Crippen MR) is 60.0 cm³/mol. The lowest BCUT2D eigenvalue weighted by molar-refractivity contribution is 0.111. The first kappa shape index (κ1) is 11.9. The summed E-state index contributed by atoms with van der Waals surface area (Å²) in [5.41, 5.74) is 0.662. The average molecular weight is 209 g/mol. The minimum absolute atomic E-state index is 0.662. The molecule has 1 aromatic heterocycles. The van der Waals surface area contributed by atoms with Gasteiger partial charge in [-0.1, -0.05) is 13.8 Å². The van der Waals surface area contributed by atoms with E-state index in [0.717, 1.165) is 38.9 Å². The quantitative estimate of drug-likeness (QED) is 0.638. The lowest BCUT2D eigenvalue weighted by Gasteiger charge is -2.17. The molecule has 1 aromatic rings. The number of hydrogen-bond donors (Lipinski definition) is 0. The molecule has 1 rings (SSSR count). The smallest absolute Gasteiger partial charge is 0.168 e. The zero-order valence-corrected chi connectivity index (χ0v) is 9.52. The molecule has 0 fully saturated rings. The molecule has 4 nitrogen and oxygen atoms in total. The van der Waals surface area contributed by atoms with Crippen molar-refractivity contribution in [3.63, 3.8) is 0 Å². The van der Waals surface area contributed by atoms with Gasteiger partial charge >= 0.3 is 0 Å². The maximum Gasteiger partial charge on any atom is 0.168 e. The van der Waals surface area contributed by atoms with E-state index in [1.807, 2.05) is 4.57 Å². The van der Waals surface area contributed by atoms with Gasteiger partial charge in [0.1, 0.15) is 5.69 Å². The van der Waals surface area contributed by atoms with Gasteiger partial charge in [-0.15, -0.1) is 0 Å². The molecule has 0 unspecified atom stereocenters. The zero-order chi connectivity index (χ0) is 11.1. The van der Waals surface area contributed by atoms with E-state index >= 15 is 0 Å². The van der Waals surface area contributed by atoms with Crippen LogP contribution in [0.1, 0.15) is 30.8 Å². The minimum atomic E-state index is 0.662. The highest BCUT2D eigenvalue weighted by Crippen LogP contribution is 1.99. The van der Waals surface area contributed by atoms with Crippen molar-refractivity contribution in [3.05, 3.63) is 18.2 Å². The van der Waals surface area contributed by atoms with Crippen LogP contribution in [0.3, 0.4) is 0 Å². The molecule has 0 radical (unpaired) electrons. The summed E-state index contributed by atoms with van der Waals surface area (Å²) in [6, 6.07) is 0. The fraction of sp³-hybridized carbons (Fsp3) is 0.636. The fourth-order valence-electron chi connectivity index (χ4n) is 1.62. The number of aryl methyl sites for hydroxylation is 1. The van der Waals surface area contributed by atoms with Crippen LogP contribution in [-0.4, -0.2) is 40.4 Å². The Morgan fingerprint density at radius 3 is 2.80 bits per heavy atom. The van der Waals surface area contributed by atoms with Crippen molar-refractivity contribution < 1.29 is 4.79 Å². The molecule has 0 N–H and O–H groups in total. The van der Waals surface area contributed by atoms with Gasteiger partial charge in [-0.25, -0.2) is 4.98 Å². The highest BCUT2D eigenvalue weighted by Gasteiger charge is 2.02. The molecule has 0 bridgehead atoms. The Labute approximate surface area is 90.9 Å². The lowest BCUT2D eigenvalue weighted by atomic mass is 10.3. The van der Waals surface area contributed by atoms with E-state index in [1.54, 1.807) is 12.5 Å². The molecule has 0 saturated carbocycles. The van der Waals surface area contributed by atoms with E-state index in [2.05, 4.69) is 23.7 Å². The number of carbonyl (C=O) groups is 1. The third-order valence-corrected chi connectivity index (χ3v) is 2.63. The standard InChI is InChI=1S/C11H19N3O/c1-3-13(4-2)6-5-7-14-10-12-8-11(14)9-15/h8-10H,3-7H2,1-2H3. The van der Waals surface area contributed by atoms with Crippen molar-refractivity contribution in [1.29, 1.82) is 0 Å². The molecule has 0 aliphatic heterocycles. The third-order valence-electron chi connectivity index (χ3n) is 2.63. The SMILES string of the molecule is CCN(CC)CCCn1cncc1C=O. The van der Waals surface area contributed by atoms with Crippen LogP contribution in [0.2, 0.25) is 0 Å². The molecule has 0 saturated heterocycles. The fourth-order valence-corrected chi connectivity index (χ4v) is 1.62. The Morgan fingerprint density at radius 1 is 1.47 bits per heavy atom. The van der Waals surface area contributed by atoms with E-state index in [9.17, 15) is 4.79 Å². The Kier molecular flexibility index (Phi) is 5.04. The van der Waals surface area contributed by atoms with Gasteiger partial charge in [0.25, 0.3) is 0 Å². The molecule has 4 heteroatoms. The molecule has 0 amide bonds. The Morgan fingerprint density at radius 2 is 2.20 bits per heavy atom. The summed E-state index contributed by atoms with van der Waals surface area (Å²) >= 11 is 0. The van der Waals surface area contributed by atoms with Gasteiger partial charge in [0.05, 0.1) is 12.5 Å². The summed E-state index contributed by atoms with van der Waals surface area (Å²) in [6.45, 7) is 8.44. The summed E-state index contributed by atoms with van der Waals surface area (Å²) in [4.78, 5) is 16.9. The third kappa shape index (κ3) is 3.47. The van der Waals surface area contributed by atoms with Crippen molar-refractivity contribution in [2.45, 2.75) is 26.8 Å². The van der Waals surface area contributed by atoms with Crippen molar-refractivity contribution in [2.75, 3.05) is 19.6 Å². The highest BCUT2D eigenvalue weighted by molar-refractivity contribution is 5.71. The molecule has 1 heterocycles. The number of nitrogens with zero attached hydrogens (tertiary/aromatic N) is 3. The highest BCUT2D eigenvalue weighted by atomic mass is 16.1. The van der Waals surface area contributed by atoms with E-state index in [1.165, 1.54) is 0 Å². The summed E-state index contributed by atoms with van der Waals surface area (Å²) < 4.78 is 1.90. The lowest BCUT2D eigenvalue weighted by Crippen LogP contribution is -2.24. The Balaban J connectivity index is 2.34. The van der Waals surface area contributed by atoms with Crippen molar-refractivity contribution in [2.24, 2.45) is 0 Å². The largest absolute Gasteiger partial charge is 0.328 e. The van der Waals surface area contributed by atoms with Gasteiger partial charge in [-0.3, -0.25) is 4.79 Å². The van der Waals surface area contributed by atoms with Gasteiger partial charge in [0, 0.05) is 6.54 Å². The number of carbonyl (C=O) groups excluding carboxylic acids is 1. The number of imidazole rings is 1. The molecule has 0 aliphatic carbocycles. The maximum atomic E-state index is 10.6. The van der Waals surface area contributed by atoms with E-state index in [4.69, 9.17) is 0 Å². The molecule has 15 heavy (non-hydrogen) atoms. The van der Waals surface area contributed by atoms with Crippen LogP contribution in [-0.2, 0) is 6.54 Å². The van der Waals surface area contributed by atoms with Gasteiger partial charge in [-0.2, -0.15) is 0 Å². The van der Waals surface area contributed by atoms with Crippen molar-refractivity contribution in [1.82, 2.24) is 14.5 Å². The van der Waals surface area contributed by atoms with Gasteiger partial charge in [0.2, 0.25) is 0 Å². The number of rotatable bonds is 7. The molecule has 0 aromatic carbocycles. The number of aromatic nitrogens is 2. The summed E-state index contributed by atoms with van der Waals surface area (Å²) in [6.07, 6.45) is 5.22. The van der Waals surface area contributed by atoms with Crippen LogP contribution >= 0.6 is 0 Å². The number of hydrogen-bond acceptors (Lipinski definition) is 3. The van der Waals surface area contributed by atoms with Crippen LogP contribution in [0.15, 0.2) is 12.5 Å². The summed E-state index contributed by atoms with van der Waals surface area (Å²) in [7, 11) is 0. The first-order chi connectivity index (χ1) is 7.31. The second-order valence-electron chi connectivity index (χ2n) is 3.51. The van der Waals surface area contributed by atoms with Crippen LogP contribution < -0.4 is 0 Å². The van der Waals surface area contributed by atoms with Crippen LogP contribution in [0.4, 0.5) is 0 Å². The molecule has 0 aliphatic rings. The predicted octanol–water partition coefficient (Wildman–Crippen LogP) is 1.43. The molecular weight excluding hydrogens is 190 g/mol. The normalized spacial score (nSPS) is 10.9. The topological polar surface area (TPSA) is 38.1 Å². The zero-order valence-electron chi connectivity index (χ0n) is 9.52. The average Bonchev–Trinajstić information content (AvgIpc) is 2.72. The van der Waals surface area contributed by atoms with E-state index in [0.29, 0.717) is 5.69 Å². The first-order valence-corrected chi connectivity index (χ1v) is 5.49. The van der Waals surface area contributed by atoms with Crippen LogP contribution in [0.5, 0.6) is 0 Å². The molecule has 0 spiro atoms. The summed E-state index contributed by atoms with van der Waals surface area (Å²) in [5.74, 6) is 0. The maximum absolute atomic E-state index is 10.6. The van der Waals surface area contributed by atoms with Crippen LogP contribution in [0, 0.1) is 0 Å². The van der Waals surface area contributed by atoms with Gasteiger partial charge in [-0.05, 0) is 26.1 Å². The van der Waals surface area contributed by atoms with Crippen LogP contribution in [0.25, 0.3) is 0 Å². The second-order valence-corrected chi connectivity index (χ2v) is 3.51. The van der Waals surface area contributed by atoms with Crippen molar-refractivity contribution in [3.8, 4) is 0 Å². The first-order valence-electron chi connectivity index (χ1n) is 5.49. The van der Waals surface area contributed by atoms with E-state index in [-0.39, 0.29) is 0 Å². The molecule has 84 valence electrons.